The number of hydrogen-bond acceptors (Lipinski definition) is 3. The summed E-state index contributed by atoms with van der Waals surface area (Å²) in [6, 6.07) is 0. The molecule has 104 valence electrons. The lowest BCUT2D eigenvalue weighted by Crippen LogP contribution is -2.40. The first kappa shape index (κ1) is 13.7. The molecule has 18 heavy (non-hydrogen) atoms. The maximum Gasteiger partial charge on any atom is 0.411 e. The molecule has 2 fully saturated rings. The zero-order valence-corrected chi connectivity index (χ0v) is 11.8. The van der Waals surface area contributed by atoms with Gasteiger partial charge >= 0.3 is 6.09 Å². The van der Waals surface area contributed by atoms with E-state index in [1.807, 2.05) is 0 Å². The van der Waals surface area contributed by atoms with Gasteiger partial charge in [-0.15, -0.1) is 0 Å². The van der Waals surface area contributed by atoms with Crippen LogP contribution in [0.15, 0.2) is 0 Å². The van der Waals surface area contributed by atoms with E-state index in [-0.39, 0.29) is 12.2 Å². The first-order chi connectivity index (χ1) is 8.58. The third kappa shape index (κ3) is 3.16. The van der Waals surface area contributed by atoms with Crippen LogP contribution < -0.4 is 5.32 Å². The van der Waals surface area contributed by atoms with Crippen molar-refractivity contribution in [1.29, 1.82) is 0 Å². The Kier molecular flexibility index (Phi) is 4.49. The Hall–Kier alpha value is -0.770. The molecule has 2 aliphatic rings. The fraction of sp³-hybridized carbons (Fsp3) is 0.929. The third-order valence-electron chi connectivity index (χ3n) is 4.33. The van der Waals surface area contributed by atoms with Crippen LogP contribution in [0.1, 0.15) is 40.0 Å². The fourth-order valence-corrected chi connectivity index (χ4v) is 3.12. The van der Waals surface area contributed by atoms with Gasteiger partial charge in [-0.1, -0.05) is 27.2 Å². The average Bonchev–Trinajstić information content (AvgIpc) is 2.81. The summed E-state index contributed by atoms with van der Waals surface area (Å²) in [7, 11) is 0. The van der Waals surface area contributed by atoms with Gasteiger partial charge in [0.15, 0.2) is 0 Å². The topological polar surface area (TPSA) is 41.6 Å². The first-order valence-corrected chi connectivity index (χ1v) is 7.24. The van der Waals surface area contributed by atoms with Crippen LogP contribution in [0.2, 0.25) is 0 Å². The van der Waals surface area contributed by atoms with Crippen molar-refractivity contribution >= 4 is 6.09 Å². The molecular weight excluding hydrogens is 228 g/mol. The van der Waals surface area contributed by atoms with Crippen LogP contribution in [-0.4, -0.2) is 36.9 Å². The number of carbonyl (C=O) groups is 1. The Balaban J connectivity index is 1.93. The SMILES string of the molecule is CC(C)[C@@H]1CC[C@@H](C)CC1OC(=O)N1CCNC1. The van der Waals surface area contributed by atoms with Gasteiger partial charge in [-0.25, -0.2) is 4.79 Å². The van der Waals surface area contributed by atoms with Gasteiger partial charge in [0.2, 0.25) is 0 Å². The van der Waals surface area contributed by atoms with Crippen molar-refractivity contribution < 1.29 is 9.53 Å². The number of amides is 1. The van der Waals surface area contributed by atoms with Crippen molar-refractivity contribution in [2.75, 3.05) is 19.8 Å². The molecule has 2 rings (SSSR count). The largest absolute Gasteiger partial charge is 0.446 e. The quantitative estimate of drug-likeness (QED) is 0.823. The van der Waals surface area contributed by atoms with Crippen LogP contribution in [0.5, 0.6) is 0 Å². The summed E-state index contributed by atoms with van der Waals surface area (Å²) in [6.07, 6.45) is 3.46. The molecule has 1 saturated heterocycles. The van der Waals surface area contributed by atoms with Crippen molar-refractivity contribution in [3.05, 3.63) is 0 Å². The van der Waals surface area contributed by atoms with E-state index in [2.05, 4.69) is 26.1 Å². The van der Waals surface area contributed by atoms with Crippen molar-refractivity contribution in [3.8, 4) is 0 Å². The van der Waals surface area contributed by atoms with Gasteiger partial charge in [0.05, 0.1) is 6.67 Å². The van der Waals surface area contributed by atoms with E-state index in [4.69, 9.17) is 4.74 Å². The van der Waals surface area contributed by atoms with Crippen LogP contribution >= 0.6 is 0 Å². The van der Waals surface area contributed by atoms with Crippen LogP contribution in [0.3, 0.4) is 0 Å². The molecule has 0 aromatic carbocycles. The number of ether oxygens (including phenoxy) is 1. The highest BCUT2D eigenvalue weighted by atomic mass is 16.6. The standard InChI is InChI=1S/C14H26N2O2/c1-10(2)12-5-4-11(3)8-13(12)18-14(17)16-7-6-15-9-16/h10-13,15H,4-9H2,1-3H3/t11-,12+,13?/m1/s1. The Labute approximate surface area is 110 Å². The molecule has 1 saturated carbocycles. The van der Waals surface area contributed by atoms with Crippen LogP contribution in [0.4, 0.5) is 4.79 Å². The van der Waals surface area contributed by atoms with E-state index in [1.54, 1.807) is 4.90 Å². The molecule has 1 heterocycles. The number of rotatable bonds is 2. The second-order valence-corrected chi connectivity index (χ2v) is 6.17. The van der Waals surface area contributed by atoms with Gasteiger partial charge in [-0.2, -0.15) is 0 Å². The molecule has 1 aliphatic carbocycles. The molecule has 0 aromatic heterocycles. The van der Waals surface area contributed by atoms with Gasteiger partial charge in [0.25, 0.3) is 0 Å². The van der Waals surface area contributed by atoms with Crippen LogP contribution in [0, 0.1) is 17.8 Å². The van der Waals surface area contributed by atoms with Gasteiger partial charge in [-0.3, -0.25) is 10.2 Å². The lowest BCUT2D eigenvalue weighted by atomic mass is 9.75. The fourth-order valence-electron chi connectivity index (χ4n) is 3.12. The van der Waals surface area contributed by atoms with E-state index in [0.29, 0.717) is 24.4 Å². The number of hydrogen-bond donors (Lipinski definition) is 1. The lowest BCUT2D eigenvalue weighted by Gasteiger charge is -2.37. The molecule has 1 amide bonds. The second kappa shape index (κ2) is 5.91. The highest BCUT2D eigenvalue weighted by Crippen LogP contribution is 2.35. The Morgan fingerprint density at radius 3 is 2.78 bits per heavy atom. The van der Waals surface area contributed by atoms with Gasteiger partial charge < -0.3 is 4.74 Å². The minimum Gasteiger partial charge on any atom is -0.446 e. The van der Waals surface area contributed by atoms with Gasteiger partial charge in [-0.05, 0) is 30.6 Å². The summed E-state index contributed by atoms with van der Waals surface area (Å²) >= 11 is 0. The van der Waals surface area contributed by atoms with E-state index >= 15 is 0 Å². The molecule has 3 atom stereocenters. The summed E-state index contributed by atoms with van der Waals surface area (Å²) in [5, 5.41) is 3.16. The lowest BCUT2D eigenvalue weighted by molar-refractivity contribution is -0.00776. The van der Waals surface area contributed by atoms with Crippen molar-refractivity contribution in [3.63, 3.8) is 0 Å². The van der Waals surface area contributed by atoms with E-state index in [1.165, 1.54) is 12.8 Å². The number of carbonyl (C=O) groups excluding carboxylic acids is 1. The Bertz CT molecular complexity index is 288. The Morgan fingerprint density at radius 1 is 1.39 bits per heavy atom. The number of nitrogens with zero attached hydrogens (tertiary/aromatic N) is 1. The summed E-state index contributed by atoms with van der Waals surface area (Å²) in [6.45, 7) is 9.01. The average molecular weight is 254 g/mol. The second-order valence-electron chi connectivity index (χ2n) is 6.17. The molecule has 1 unspecified atom stereocenters. The van der Waals surface area contributed by atoms with Crippen molar-refractivity contribution in [2.24, 2.45) is 17.8 Å². The molecular formula is C14H26N2O2. The summed E-state index contributed by atoms with van der Waals surface area (Å²) in [5.41, 5.74) is 0. The summed E-state index contributed by atoms with van der Waals surface area (Å²) < 4.78 is 5.77. The van der Waals surface area contributed by atoms with Crippen molar-refractivity contribution in [1.82, 2.24) is 10.2 Å². The molecule has 4 heteroatoms. The Morgan fingerprint density at radius 2 is 2.17 bits per heavy atom. The molecule has 4 nitrogen and oxygen atoms in total. The minimum absolute atomic E-state index is 0.113. The zero-order valence-electron chi connectivity index (χ0n) is 11.8. The van der Waals surface area contributed by atoms with E-state index < -0.39 is 0 Å². The summed E-state index contributed by atoms with van der Waals surface area (Å²) in [4.78, 5) is 13.8. The summed E-state index contributed by atoms with van der Waals surface area (Å²) in [5.74, 6) is 1.79. The first-order valence-electron chi connectivity index (χ1n) is 7.24. The van der Waals surface area contributed by atoms with E-state index in [0.717, 1.165) is 19.5 Å². The normalized spacial score (nSPS) is 32.9. The van der Waals surface area contributed by atoms with Gasteiger partial charge in [0.1, 0.15) is 6.10 Å². The molecule has 0 radical (unpaired) electrons. The molecule has 1 N–H and O–H groups in total. The zero-order chi connectivity index (χ0) is 13.1. The maximum absolute atomic E-state index is 12.1. The third-order valence-corrected chi connectivity index (χ3v) is 4.33. The van der Waals surface area contributed by atoms with Crippen LogP contribution in [-0.2, 0) is 4.74 Å². The predicted molar refractivity (Wildman–Crippen MR) is 71.2 cm³/mol. The predicted octanol–water partition coefficient (Wildman–Crippen LogP) is 2.45. The molecule has 0 spiro atoms. The highest BCUT2D eigenvalue weighted by Gasteiger charge is 2.34. The monoisotopic (exact) mass is 254 g/mol. The van der Waals surface area contributed by atoms with Crippen molar-refractivity contribution in [2.45, 2.75) is 46.1 Å². The molecule has 0 aromatic rings. The highest BCUT2D eigenvalue weighted by molar-refractivity contribution is 5.68. The molecule has 1 aliphatic heterocycles. The molecule has 0 bridgehead atoms. The minimum atomic E-state index is -0.134. The van der Waals surface area contributed by atoms with E-state index in [9.17, 15) is 4.79 Å². The number of nitrogens with one attached hydrogen (secondary N) is 1. The maximum atomic E-state index is 12.1. The smallest absolute Gasteiger partial charge is 0.411 e. The van der Waals surface area contributed by atoms with Crippen LogP contribution in [0.25, 0.3) is 0 Å². The van der Waals surface area contributed by atoms with Gasteiger partial charge in [0, 0.05) is 13.1 Å².